The summed E-state index contributed by atoms with van der Waals surface area (Å²) in [5.74, 6) is 1.94. The monoisotopic (exact) mass is 181 g/mol. The number of hydrogen-bond donors (Lipinski definition) is 0. The lowest BCUT2D eigenvalue weighted by Crippen LogP contribution is -2.13. The van der Waals surface area contributed by atoms with Crippen LogP contribution in [0.25, 0.3) is 0 Å². The maximum atomic E-state index is 3.96. The van der Waals surface area contributed by atoms with Crippen LogP contribution < -0.4 is 0 Å². The third kappa shape index (κ3) is 4.15. The SMILES string of the molecule is [CH2]CCC(C)C1CCCCCCC1. The molecule has 0 bridgehead atoms. The lowest BCUT2D eigenvalue weighted by Gasteiger charge is -2.25. The first-order valence-corrected chi connectivity index (χ1v) is 6.14. The fraction of sp³-hybridized carbons (Fsp3) is 0.923. The van der Waals surface area contributed by atoms with E-state index in [0.29, 0.717) is 0 Å². The molecule has 0 spiro atoms. The molecule has 0 heteroatoms. The van der Waals surface area contributed by atoms with Gasteiger partial charge in [0, 0.05) is 0 Å². The quantitative estimate of drug-likeness (QED) is 0.597. The molecule has 0 amide bonds. The highest BCUT2D eigenvalue weighted by atomic mass is 14.2. The van der Waals surface area contributed by atoms with E-state index in [0.717, 1.165) is 18.3 Å². The summed E-state index contributed by atoms with van der Waals surface area (Å²) in [6.45, 7) is 6.39. The van der Waals surface area contributed by atoms with Crippen LogP contribution in [0.3, 0.4) is 0 Å². The third-order valence-electron chi connectivity index (χ3n) is 3.61. The molecule has 0 aliphatic heterocycles. The zero-order chi connectivity index (χ0) is 9.52. The Kier molecular flexibility index (Phi) is 5.50. The van der Waals surface area contributed by atoms with E-state index in [9.17, 15) is 0 Å². The third-order valence-corrected chi connectivity index (χ3v) is 3.61. The molecule has 0 N–H and O–H groups in total. The van der Waals surface area contributed by atoms with Gasteiger partial charge in [-0.15, -0.1) is 0 Å². The summed E-state index contributed by atoms with van der Waals surface area (Å²) in [7, 11) is 0. The maximum Gasteiger partial charge on any atom is -0.0388 e. The van der Waals surface area contributed by atoms with E-state index in [1.54, 1.807) is 0 Å². The van der Waals surface area contributed by atoms with Gasteiger partial charge in [0.05, 0.1) is 0 Å². The summed E-state index contributed by atoms with van der Waals surface area (Å²) >= 11 is 0. The number of hydrogen-bond acceptors (Lipinski definition) is 0. The van der Waals surface area contributed by atoms with Gasteiger partial charge in [-0.1, -0.05) is 71.6 Å². The smallest absolute Gasteiger partial charge is 0.0388 e. The molecule has 1 atom stereocenters. The Morgan fingerprint density at radius 2 is 1.62 bits per heavy atom. The van der Waals surface area contributed by atoms with Crippen LogP contribution in [-0.4, -0.2) is 0 Å². The van der Waals surface area contributed by atoms with Gasteiger partial charge < -0.3 is 0 Å². The van der Waals surface area contributed by atoms with Gasteiger partial charge in [0.25, 0.3) is 0 Å². The molecule has 0 aromatic carbocycles. The van der Waals surface area contributed by atoms with Gasteiger partial charge in [-0.05, 0) is 11.8 Å². The topological polar surface area (TPSA) is 0 Å². The zero-order valence-corrected chi connectivity index (χ0v) is 9.23. The minimum atomic E-state index is 0.926. The zero-order valence-electron chi connectivity index (χ0n) is 9.23. The predicted octanol–water partition coefficient (Wildman–Crippen LogP) is 4.60. The van der Waals surface area contributed by atoms with Crippen LogP contribution >= 0.6 is 0 Å². The van der Waals surface area contributed by atoms with Crippen LogP contribution in [0.1, 0.15) is 64.7 Å². The van der Waals surface area contributed by atoms with Gasteiger partial charge in [0.1, 0.15) is 0 Å². The standard InChI is InChI=1S/C13H25/c1-3-9-12(2)13-10-7-5-4-6-8-11-13/h12-13H,1,3-11H2,2H3. The number of rotatable bonds is 3. The molecule has 1 fully saturated rings. The van der Waals surface area contributed by atoms with Crippen molar-refractivity contribution in [3.05, 3.63) is 6.92 Å². The van der Waals surface area contributed by atoms with Crippen LogP contribution in [0, 0.1) is 18.8 Å². The molecular formula is C13H25. The fourth-order valence-corrected chi connectivity index (χ4v) is 2.61. The molecule has 0 aromatic heterocycles. The molecular weight excluding hydrogens is 156 g/mol. The van der Waals surface area contributed by atoms with Crippen molar-refractivity contribution < 1.29 is 0 Å². The molecule has 1 radical (unpaired) electrons. The van der Waals surface area contributed by atoms with E-state index in [-0.39, 0.29) is 0 Å². The Balaban J connectivity index is 2.27. The van der Waals surface area contributed by atoms with E-state index in [4.69, 9.17) is 0 Å². The van der Waals surface area contributed by atoms with Gasteiger partial charge in [0.15, 0.2) is 0 Å². The van der Waals surface area contributed by atoms with Crippen molar-refractivity contribution in [1.82, 2.24) is 0 Å². The lowest BCUT2D eigenvalue weighted by molar-refractivity contribution is 0.270. The van der Waals surface area contributed by atoms with E-state index in [2.05, 4.69) is 13.8 Å². The van der Waals surface area contributed by atoms with Crippen LogP contribution in [0.5, 0.6) is 0 Å². The first kappa shape index (κ1) is 11.1. The van der Waals surface area contributed by atoms with E-state index >= 15 is 0 Å². The first-order chi connectivity index (χ1) is 6.34. The van der Waals surface area contributed by atoms with E-state index in [1.165, 1.54) is 51.4 Å². The molecule has 77 valence electrons. The molecule has 0 heterocycles. The molecule has 0 aromatic rings. The molecule has 1 aliphatic rings. The van der Waals surface area contributed by atoms with Crippen molar-refractivity contribution in [2.45, 2.75) is 64.7 Å². The van der Waals surface area contributed by atoms with E-state index in [1.807, 2.05) is 0 Å². The highest BCUT2D eigenvalue weighted by molar-refractivity contribution is 4.69. The average molecular weight is 181 g/mol. The summed E-state index contributed by atoms with van der Waals surface area (Å²) in [6, 6.07) is 0. The summed E-state index contributed by atoms with van der Waals surface area (Å²) in [6.07, 6.45) is 12.8. The van der Waals surface area contributed by atoms with Gasteiger partial charge in [-0.2, -0.15) is 0 Å². The van der Waals surface area contributed by atoms with Crippen LogP contribution in [0.2, 0.25) is 0 Å². The van der Waals surface area contributed by atoms with Crippen molar-refractivity contribution >= 4 is 0 Å². The van der Waals surface area contributed by atoms with Crippen LogP contribution in [-0.2, 0) is 0 Å². The summed E-state index contributed by atoms with van der Waals surface area (Å²) in [5, 5.41) is 0. The molecule has 0 saturated heterocycles. The Morgan fingerprint density at radius 3 is 2.15 bits per heavy atom. The highest BCUT2D eigenvalue weighted by Crippen LogP contribution is 2.30. The predicted molar refractivity (Wildman–Crippen MR) is 59.6 cm³/mol. The minimum Gasteiger partial charge on any atom is -0.0622 e. The second kappa shape index (κ2) is 6.45. The second-order valence-electron chi connectivity index (χ2n) is 4.72. The van der Waals surface area contributed by atoms with Crippen LogP contribution in [0.15, 0.2) is 0 Å². The van der Waals surface area contributed by atoms with Crippen molar-refractivity contribution in [3.8, 4) is 0 Å². The van der Waals surface area contributed by atoms with Crippen molar-refractivity contribution in [2.24, 2.45) is 11.8 Å². The molecule has 1 aliphatic carbocycles. The summed E-state index contributed by atoms with van der Waals surface area (Å²) in [5.41, 5.74) is 0. The Bertz CT molecular complexity index is 109. The largest absolute Gasteiger partial charge is 0.0622 e. The first-order valence-electron chi connectivity index (χ1n) is 6.14. The Hall–Kier alpha value is 0. The highest BCUT2D eigenvalue weighted by Gasteiger charge is 2.17. The minimum absolute atomic E-state index is 0.926. The fourth-order valence-electron chi connectivity index (χ4n) is 2.61. The van der Waals surface area contributed by atoms with Gasteiger partial charge in [0.2, 0.25) is 0 Å². The molecule has 1 saturated carbocycles. The van der Waals surface area contributed by atoms with Gasteiger partial charge >= 0.3 is 0 Å². The maximum absolute atomic E-state index is 3.96. The van der Waals surface area contributed by atoms with Crippen molar-refractivity contribution in [2.75, 3.05) is 0 Å². The second-order valence-corrected chi connectivity index (χ2v) is 4.72. The molecule has 1 unspecified atom stereocenters. The van der Waals surface area contributed by atoms with Gasteiger partial charge in [-0.3, -0.25) is 0 Å². The van der Waals surface area contributed by atoms with Gasteiger partial charge in [-0.25, -0.2) is 0 Å². The normalized spacial score (nSPS) is 23.5. The molecule has 13 heavy (non-hydrogen) atoms. The Labute approximate surface area is 84.1 Å². The Morgan fingerprint density at radius 1 is 1.08 bits per heavy atom. The molecule has 0 nitrogen and oxygen atoms in total. The van der Waals surface area contributed by atoms with Crippen molar-refractivity contribution in [3.63, 3.8) is 0 Å². The molecule has 1 rings (SSSR count). The summed E-state index contributed by atoms with van der Waals surface area (Å²) in [4.78, 5) is 0. The van der Waals surface area contributed by atoms with Crippen LogP contribution in [0.4, 0.5) is 0 Å². The van der Waals surface area contributed by atoms with Crippen molar-refractivity contribution in [1.29, 1.82) is 0 Å². The average Bonchev–Trinajstić information content (AvgIpc) is 2.03. The lowest BCUT2D eigenvalue weighted by atomic mass is 9.81. The summed E-state index contributed by atoms with van der Waals surface area (Å²) < 4.78 is 0. The van der Waals surface area contributed by atoms with E-state index < -0.39 is 0 Å².